The van der Waals surface area contributed by atoms with E-state index in [1.807, 2.05) is 43.3 Å². The highest BCUT2D eigenvalue weighted by molar-refractivity contribution is 9.10. The number of Topliss-reactive ketones (excluding diaryl/α,β-unsaturated/α-hetero) is 1. The van der Waals surface area contributed by atoms with Gasteiger partial charge in [-0.25, -0.2) is 4.79 Å². The second-order valence-electron chi connectivity index (χ2n) is 9.99. The zero-order valence-corrected chi connectivity index (χ0v) is 22.4. The van der Waals surface area contributed by atoms with Crippen LogP contribution in [0, 0.1) is 0 Å². The molecule has 1 saturated carbocycles. The predicted molar refractivity (Wildman–Crippen MR) is 143 cm³/mol. The molecule has 36 heavy (non-hydrogen) atoms. The lowest BCUT2D eigenvalue weighted by atomic mass is 9.71. The van der Waals surface area contributed by atoms with E-state index in [-0.39, 0.29) is 23.8 Å². The lowest BCUT2D eigenvalue weighted by Gasteiger charge is -2.37. The van der Waals surface area contributed by atoms with Gasteiger partial charge in [-0.1, -0.05) is 42.8 Å². The van der Waals surface area contributed by atoms with E-state index in [9.17, 15) is 9.59 Å². The molecule has 0 bridgehead atoms. The van der Waals surface area contributed by atoms with Crippen LogP contribution >= 0.6 is 15.9 Å². The molecule has 2 aliphatic carbocycles. The molecule has 1 fully saturated rings. The highest BCUT2D eigenvalue weighted by Gasteiger charge is 2.42. The Hall–Kier alpha value is -2.86. The van der Waals surface area contributed by atoms with E-state index in [1.54, 1.807) is 7.11 Å². The number of carbonyl (C=O) groups is 2. The van der Waals surface area contributed by atoms with Gasteiger partial charge in [-0.15, -0.1) is 0 Å². The Kier molecular flexibility index (Phi) is 7.33. The van der Waals surface area contributed by atoms with Crippen molar-refractivity contribution < 1.29 is 19.1 Å². The summed E-state index contributed by atoms with van der Waals surface area (Å²) in [6.45, 7) is 1.92. The summed E-state index contributed by atoms with van der Waals surface area (Å²) in [5, 5.41) is 3.45. The van der Waals surface area contributed by atoms with Crippen LogP contribution in [0.2, 0.25) is 0 Å². The SMILES string of the molecule is COc1ccc([C@@H]2C(C(=O)OC3CCCCC3)=C(C)NC3=C2C(=O)C[C@H](c2ccccc2)C3)cc1Br. The maximum Gasteiger partial charge on any atom is 0.337 e. The molecule has 5 nitrogen and oxygen atoms in total. The van der Waals surface area contributed by atoms with Gasteiger partial charge in [0, 0.05) is 29.3 Å². The number of esters is 1. The van der Waals surface area contributed by atoms with Crippen molar-refractivity contribution in [3.05, 3.63) is 86.7 Å². The average Bonchev–Trinajstić information content (AvgIpc) is 2.88. The Morgan fingerprint density at radius 3 is 2.44 bits per heavy atom. The number of benzene rings is 2. The zero-order chi connectivity index (χ0) is 25.2. The Bertz CT molecular complexity index is 1230. The lowest BCUT2D eigenvalue weighted by Crippen LogP contribution is -2.37. The molecule has 1 N–H and O–H groups in total. The van der Waals surface area contributed by atoms with Crippen LogP contribution in [0.3, 0.4) is 0 Å². The van der Waals surface area contributed by atoms with Crippen molar-refractivity contribution in [2.24, 2.45) is 0 Å². The van der Waals surface area contributed by atoms with Crippen molar-refractivity contribution in [2.45, 2.75) is 69.8 Å². The molecule has 0 saturated heterocycles. The first kappa shape index (κ1) is 24.8. The van der Waals surface area contributed by atoms with Gasteiger partial charge >= 0.3 is 5.97 Å². The van der Waals surface area contributed by atoms with Gasteiger partial charge in [-0.3, -0.25) is 4.79 Å². The van der Waals surface area contributed by atoms with Gasteiger partial charge in [-0.05, 0) is 84.1 Å². The third kappa shape index (κ3) is 4.88. The smallest absolute Gasteiger partial charge is 0.337 e. The molecule has 188 valence electrons. The zero-order valence-electron chi connectivity index (χ0n) is 20.8. The number of ether oxygens (including phenoxy) is 2. The molecular weight excluding hydrogens is 518 g/mol. The monoisotopic (exact) mass is 549 g/mol. The van der Waals surface area contributed by atoms with E-state index in [1.165, 1.54) is 6.42 Å². The van der Waals surface area contributed by atoms with Crippen molar-refractivity contribution in [3.63, 3.8) is 0 Å². The lowest BCUT2D eigenvalue weighted by molar-refractivity contribution is -0.146. The van der Waals surface area contributed by atoms with Crippen LogP contribution in [0.4, 0.5) is 0 Å². The van der Waals surface area contributed by atoms with Crippen molar-refractivity contribution >= 4 is 27.7 Å². The number of dihydropyridines is 1. The fourth-order valence-electron chi connectivity index (χ4n) is 5.86. The predicted octanol–water partition coefficient (Wildman–Crippen LogP) is 6.70. The van der Waals surface area contributed by atoms with E-state index in [2.05, 4.69) is 33.4 Å². The number of hydrogen-bond acceptors (Lipinski definition) is 5. The highest BCUT2D eigenvalue weighted by atomic mass is 79.9. The number of rotatable bonds is 5. The van der Waals surface area contributed by atoms with E-state index >= 15 is 0 Å². The molecule has 5 rings (SSSR count). The molecule has 1 heterocycles. The summed E-state index contributed by atoms with van der Waals surface area (Å²) in [6.07, 6.45) is 6.23. The number of halogens is 1. The van der Waals surface area contributed by atoms with E-state index in [0.717, 1.165) is 59.1 Å². The molecule has 3 aliphatic rings. The van der Waals surface area contributed by atoms with E-state index in [0.29, 0.717) is 23.3 Å². The van der Waals surface area contributed by atoms with Crippen LogP contribution in [0.1, 0.15) is 74.8 Å². The molecule has 0 aromatic heterocycles. The Labute approximate surface area is 221 Å². The molecule has 2 atom stereocenters. The first-order valence-electron chi connectivity index (χ1n) is 12.8. The quantitative estimate of drug-likeness (QED) is 0.420. The topological polar surface area (TPSA) is 64.6 Å². The first-order chi connectivity index (χ1) is 17.5. The van der Waals surface area contributed by atoms with Crippen LogP contribution < -0.4 is 10.1 Å². The van der Waals surface area contributed by atoms with Gasteiger partial charge in [0.25, 0.3) is 0 Å². The number of hydrogen-bond donors (Lipinski definition) is 1. The second kappa shape index (κ2) is 10.6. The summed E-state index contributed by atoms with van der Waals surface area (Å²) < 4.78 is 12.2. The van der Waals surface area contributed by atoms with Crippen LogP contribution in [0.15, 0.2) is 75.5 Å². The van der Waals surface area contributed by atoms with Gasteiger partial charge < -0.3 is 14.8 Å². The molecular formula is C30H32BrNO4. The number of carbonyl (C=O) groups excluding carboxylic acids is 2. The Morgan fingerprint density at radius 2 is 1.75 bits per heavy atom. The number of ketones is 1. The largest absolute Gasteiger partial charge is 0.496 e. The minimum atomic E-state index is -0.483. The van der Waals surface area contributed by atoms with Crippen molar-refractivity contribution in [2.75, 3.05) is 7.11 Å². The van der Waals surface area contributed by atoms with Gasteiger partial charge in [0.15, 0.2) is 5.78 Å². The van der Waals surface area contributed by atoms with Gasteiger partial charge in [-0.2, -0.15) is 0 Å². The van der Waals surface area contributed by atoms with Crippen molar-refractivity contribution in [1.29, 1.82) is 0 Å². The fourth-order valence-corrected chi connectivity index (χ4v) is 6.42. The summed E-state index contributed by atoms with van der Waals surface area (Å²) >= 11 is 3.60. The molecule has 2 aromatic carbocycles. The standard InChI is InChI=1S/C30H32BrNO4/c1-18-27(30(34)36-22-11-7-4-8-12-22)28(20-13-14-26(35-2)23(31)15-20)29-24(32-18)16-21(17-25(29)33)19-9-5-3-6-10-19/h3,5-6,9-10,13-15,21-22,28,32H,4,7-8,11-12,16-17H2,1-2H3/t21-,28-/m1/s1. The molecule has 0 amide bonds. The molecule has 0 spiro atoms. The summed E-state index contributed by atoms with van der Waals surface area (Å²) in [4.78, 5) is 27.4. The Balaban J connectivity index is 1.55. The van der Waals surface area contributed by atoms with Gasteiger partial charge in [0.05, 0.1) is 17.2 Å². The van der Waals surface area contributed by atoms with E-state index in [4.69, 9.17) is 9.47 Å². The molecule has 0 unspecified atom stereocenters. The number of allylic oxidation sites excluding steroid dienone is 3. The van der Waals surface area contributed by atoms with Gasteiger partial charge in [0.1, 0.15) is 11.9 Å². The molecule has 2 aromatic rings. The van der Waals surface area contributed by atoms with Crippen LogP contribution in [-0.2, 0) is 14.3 Å². The summed E-state index contributed by atoms with van der Waals surface area (Å²) in [6, 6.07) is 16.0. The summed E-state index contributed by atoms with van der Waals surface area (Å²) in [5.41, 5.74) is 4.91. The average molecular weight is 550 g/mol. The van der Waals surface area contributed by atoms with E-state index < -0.39 is 5.92 Å². The van der Waals surface area contributed by atoms with Crippen LogP contribution in [-0.4, -0.2) is 25.0 Å². The maximum absolute atomic E-state index is 13.8. The minimum Gasteiger partial charge on any atom is -0.496 e. The minimum absolute atomic E-state index is 0.0605. The van der Waals surface area contributed by atoms with Crippen LogP contribution in [0.5, 0.6) is 5.75 Å². The maximum atomic E-state index is 13.8. The fraction of sp³-hybridized carbons (Fsp3) is 0.400. The number of nitrogens with one attached hydrogen (secondary N) is 1. The third-order valence-electron chi connectivity index (χ3n) is 7.65. The summed E-state index contributed by atoms with van der Waals surface area (Å²) in [5.74, 6) is 0.0759. The number of methoxy groups -OCH3 is 1. The molecule has 1 aliphatic heterocycles. The van der Waals surface area contributed by atoms with Crippen molar-refractivity contribution in [3.8, 4) is 5.75 Å². The summed E-state index contributed by atoms with van der Waals surface area (Å²) in [7, 11) is 1.62. The third-order valence-corrected chi connectivity index (χ3v) is 8.27. The van der Waals surface area contributed by atoms with Crippen molar-refractivity contribution in [1.82, 2.24) is 5.32 Å². The molecule has 6 heteroatoms. The van der Waals surface area contributed by atoms with Crippen LogP contribution in [0.25, 0.3) is 0 Å². The normalized spacial score (nSPS) is 22.7. The highest BCUT2D eigenvalue weighted by Crippen LogP contribution is 2.47. The Morgan fingerprint density at radius 1 is 1.00 bits per heavy atom. The van der Waals surface area contributed by atoms with Gasteiger partial charge in [0.2, 0.25) is 0 Å². The molecule has 0 radical (unpaired) electrons. The first-order valence-corrected chi connectivity index (χ1v) is 13.6. The second-order valence-corrected chi connectivity index (χ2v) is 10.8.